The standard InChI is InChI=1S/C15H17NO3/c1-9-10(2)16-13-5-4-11(6-12(9)13)15(7-19-8-15)14(17)18-3/h4-6,16H,7-8H2,1-3H3. The van der Waals surface area contributed by atoms with E-state index in [1.165, 1.54) is 12.7 Å². The Morgan fingerprint density at radius 1 is 1.37 bits per heavy atom. The SMILES string of the molecule is COC(=O)C1(c2ccc3[nH]c(C)c(C)c3c2)COC1. The molecule has 4 nitrogen and oxygen atoms in total. The number of benzene rings is 1. The van der Waals surface area contributed by atoms with Crippen LogP contribution in [-0.2, 0) is 19.7 Å². The van der Waals surface area contributed by atoms with Crippen molar-refractivity contribution in [1.82, 2.24) is 4.98 Å². The molecule has 1 aliphatic rings. The topological polar surface area (TPSA) is 51.3 Å². The van der Waals surface area contributed by atoms with Gasteiger partial charge in [0, 0.05) is 16.6 Å². The molecule has 1 aromatic heterocycles. The van der Waals surface area contributed by atoms with Crippen molar-refractivity contribution in [3.8, 4) is 0 Å². The van der Waals surface area contributed by atoms with Crippen LogP contribution < -0.4 is 0 Å². The molecule has 0 radical (unpaired) electrons. The first-order valence-electron chi connectivity index (χ1n) is 6.34. The number of H-pyrrole nitrogens is 1. The number of methoxy groups -OCH3 is 1. The molecule has 3 rings (SSSR count). The summed E-state index contributed by atoms with van der Waals surface area (Å²) in [5.41, 5.74) is 3.82. The zero-order valence-corrected chi connectivity index (χ0v) is 11.4. The Bertz CT molecular complexity index is 653. The number of aromatic nitrogens is 1. The number of hydrogen-bond donors (Lipinski definition) is 1. The van der Waals surface area contributed by atoms with Crippen molar-refractivity contribution in [3.05, 3.63) is 35.0 Å². The Balaban J connectivity index is 2.14. The van der Waals surface area contributed by atoms with Crippen LogP contribution in [-0.4, -0.2) is 31.3 Å². The van der Waals surface area contributed by atoms with E-state index < -0.39 is 5.41 Å². The third-order valence-electron chi connectivity index (χ3n) is 4.13. The number of carbonyl (C=O) groups excluding carboxylic acids is 1. The van der Waals surface area contributed by atoms with Crippen LogP contribution in [0.5, 0.6) is 0 Å². The van der Waals surface area contributed by atoms with Crippen molar-refractivity contribution in [2.24, 2.45) is 0 Å². The molecule has 0 bridgehead atoms. The third kappa shape index (κ3) is 1.60. The number of esters is 1. The van der Waals surface area contributed by atoms with Crippen LogP contribution in [0.25, 0.3) is 10.9 Å². The van der Waals surface area contributed by atoms with Crippen molar-refractivity contribution >= 4 is 16.9 Å². The van der Waals surface area contributed by atoms with Gasteiger partial charge in [-0.1, -0.05) is 6.07 Å². The molecule has 0 unspecified atom stereocenters. The summed E-state index contributed by atoms with van der Waals surface area (Å²) in [4.78, 5) is 15.4. The fraction of sp³-hybridized carbons (Fsp3) is 0.400. The Labute approximate surface area is 111 Å². The first kappa shape index (κ1) is 12.2. The zero-order chi connectivity index (χ0) is 13.6. The maximum atomic E-state index is 12.0. The Hall–Kier alpha value is -1.81. The highest BCUT2D eigenvalue weighted by molar-refractivity contribution is 5.89. The third-order valence-corrected chi connectivity index (χ3v) is 4.13. The van der Waals surface area contributed by atoms with Crippen LogP contribution in [0.4, 0.5) is 0 Å². The molecular formula is C15H17NO3. The van der Waals surface area contributed by atoms with Crippen LogP contribution in [0.15, 0.2) is 18.2 Å². The molecule has 19 heavy (non-hydrogen) atoms. The summed E-state index contributed by atoms with van der Waals surface area (Å²) in [6.45, 7) is 4.93. The summed E-state index contributed by atoms with van der Waals surface area (Å²) in [6, 6.07) is 6.08. The van der Waals surface area contributed by atoms with Crippen molar-refractivity contribution < 1.29 is 14.3 Å². The van der Waals surface area contributed by atoms with Gasteiger partial charge >= 0.3 is 5.97 Å². The zero-order valence-electron chi connectivity index (χ0n) is 11.4. The minimum atomic E-state index is -0.624. The van der Waals surface area contributed by atoms with E-state index in [2.05, 4.69) is 24.9 Å². The smallest absolute Gasteiger partial charge is 0.321 e. The van der Waals surface area contributed by atoms with Crippen LogP contribution in [0.3, 0.4) is 0 Å². The monoisotopic (exact) mass is 259 g/mol. The van der Waals surface area contributed by atoms with Gasteiger partial charge in [-0.05, 0) is 37.1 Å². The number of rotatable bonds is 2. The molecular weight excluding hydrogens is 242 g/mol. The molecule has 1 fully saturated rings. The number of hydrogen-bond acceptors (Lipinski definition) is 3. The predicted octanol–water partition coefficient (Wildman–Crippen LogP) is 2.23. The molecule has 100 valence electrons. The van der Waals surface area contributed by atoms with Gasteiger partial charge in [-0.15, -0.1) is 0 Å². The molecule has 0 aliphatic carbocycles. The first-order chi connectivity index (χ1) is 9.08. The largest absolute Gasteiger partial charge is 0.468 e. The Kier molecular flexibility index (Phi) is 2.64. The van der Waals surface area contributed by atoms with Gasteiger partial charge in [-0.3, -0.25) is 4.79 Å². The maximum Gasteiger partial charge on any atom is 0.321 e. The van der Waals surface area contributed by atoms with E-state index in [-0.39, 0.29) is 5.97 Å². The van der Waals surface area contributed by atoms with Crippen LogP contribution in [0.1, 0.15) is 16.8 Å². The summed E-state index contributed by atoms with van der Waals surface area (Å²) >= 11 is 0. The van der Waals surface area contributed by atoms with Gasteiger partial charge in [0.2, 0.25) is 0 Å². The summed E-state index contributed by atoms with van der Waals surface area (Å²) in [5.74, 6) is -0.219. The minimum Gasteiger partial charge on any atom is -0.468 e. The molecule has 1 aromatic carbocycles. The van der Waals surface area contributed by atoms with E-state index in [9.17, 15) is 4.79 Å². The second kappa shape index (κ2) is 4.10. The van der Waals surface area contributed by atoms with E-state index >= 15 is 0 Å². The highest BCUT2D eigenvalue weighted by atomic mass is 16.5. The molecule has 0 atom stereocenters. The Morgan fingerprint density at radius 3 is 2.68 bits per heavy atom. The predicted molar refractivity (Wildman–Crippen MR) is 72.3 cm³/mol. The molecule has 1 N–H and O–H groups in total. The van der Waals surface area contributed by atoms with Gasteiger partial charge in [0.25, 0.3) is 0 Å². The Morgan fingerprint density at radius 2 is 2.11 bits per heavy atom. The summed E-state index contributed by atoms with van der Waals surface area (Å²) in [5, 5.41) is 1.16. The van der Waals surface area contributed by atoms with Crippen molar-refractivity contribution in [1.29, 1.82) is 0 Å². The number of nitrogens with one attached hydrogen (secondary N) is 1. The lowest BCUT2D eigenvalue weighted by atomic mass is 9.78. The van der Waals surface area contributed by atoms with E-state index in [1.54, 1.807) is 0 Å². The van der Waals surface area contributed by atoms with Crippen LogP contribution in [0, 0.1) is 13.8 Å². The van der Waals surface area contributed by atoms with Crippen LogP contribution >= 0.6 is 0 Å². The lowest BCUT2D eigenvalue weighted by Gasteiger charge is -2.38. The second-order valence-corrected chi connectivity index (χ2v) is 5.20. The second-order valence-electron chi connectivity index (χ2n) is 5.20. The molecule has 2 heterocycles. The normalized spacial score (nSPS) is 17.2. The number of ether oxygens (including phenoxy) is 2. The van der Waals surface area contributed by atoms with Crippen molar-refractivity contribution in [2.75, 3.05) is 20.3 Å². The molecule has 1 saturated heterocycles. The fourth-order valence-corrected chi connectivity index (χ4v) is 2.66. The molecule has 2 aromatic rings. The molecule has 4 heteroatoms. The van der Waals surface area contributed by atoms with Gasteiger partial charge in [0.1, 0.15) is 5.41 Å². The lowest BCUT2D eigenvalue weighted by Crippen LogP contribution is -2.53. The fourth-order valence-electron chi connectivity index (χ4n) is 2.66. The number of carbonyl (C=O) groups is 1. The highest BCUT2D eigenvalue weighted by Gasteiger charge is 2.48. The lowest BCUT2D eigenvalue weighted by molar-refractivity contribution is -0.166. The molecule has 1 aliphatic heterocycles. The average Bonchev–Trinajstić information content (AvgIpc) is 2.64. The molecule has 0 amide bonds. The maximum absolute atomic E-state index is 12.0. The van der Waals surface area contributed by atoms with Gasteiger partial charge in [0.05, 0.1) is 20.3 Å². The summed E-state index contributed by atoms with van der Waals surface area (Å²) < 4.78 is 10.2. The molecule has 0 saturated carbocycles. The average molecular weight is 259 g/mol. The summed E-state index contributed by atoms with van der Waals surface area (Å²) in [7, 11) is 1.42. The van der Waals surface area contributed by atoms with Crippen LogP contribution in [0.2, 0.25) is 0 Å². The quantitative estimate of drug-likeness (QED) is 0.841. The minimum absolute atomic E-state index is 0.219. The van der Waals surface area contributed by atoms with Gasteiger partial charge < -0.3 is 14.5 Å². The molecule has 0 spiro atoms. The number of aryl methyl sites for hydroxylation is 2. The summed E-state index contributed by atoms with van der Waals surface area (Å²) in [6.07, 6.45) is 0. The highest BCUT2D eigenvalue weighted by Crippen LogP contribution is 2.36. The van der Waals surface area contributed by atoms with E-state index in [0.29, 0.717) is 13.2 Å². The van der Waals surface area contributed by atoms with Crippen molar-refractivity contribution in [2.45, 2.75) is 19.3 Å². The van der Waals surface area contributed by atoms with E-state index in [4.69, 9.17) is 9.47 Å². The van der Waals surface area contributed by atoms with E-state index in [1.807, 2.05) is 12.1 Å². The van der Waals surface area contributed by atoms with Crippen molar-refractivity contribution in [3.63, 3.8) is 0 Å². The van der Waals surface area contributed by atoms with Gasteiger partial charge in [-0.2, -0.15) is 0 Å². The van der Waals surface area contributed by atoms with Gasteiger partial charge in [-0.25, -0.2) is 0 Å². The number of fused-ring (bicyclic) bond motifs is 1. The first-order valence-corrected chi connectivity index (χ1v) is 6.34. The number of aromatic amines is 1. The van der Waals surface area contributed by atoms with E-state index in [0.717, 1.165) is 22.2 Å². The van der Waals surface area contributed by atoms with Gasteiger partial charge in [0.15, 0.2) is 0 Å².